The number of pyridine rings is 1. The molecule has 7 rings (SSSR count). The summed E-state index contributed by atoms with van der Waals surface area (Å²) in [6.45, 7) is 9.73. The van der Waals surface area contributed by atoms with Gasteiger partial charge in [0, 0.05) is 42.5 Å². The van der Waals surface area contributed by atoms with Crippen LogP contribution in [0.4, 0.5) is 11.4 Å². The molecule has 10 heteroatoms. The van der Waals surface area contributed by atoms with E-state index in [9.17, 15) is 10.1 Å². The van der Waals surface area contributed by atoms with Crippen molar-refractivity contribution in [3.05, 3.63) is 53.2 Å². The number of nitrogens with zero attached hydrogens (tertiary/aromatic N) is 6. The Balaban J connectivity index is 1.26. The highest BCUT2D eigenvalue weighted by Gasteiger charge is 2.43. The van der Waals surface area contributed by atoms with Crippen molar-refractivity contribution in [3.8, 4) is 17.7 Å². The van der Waals surface area contributed by atoms with Crippen LogP contribution in [0, 0.1) is 11.3 Å². The molecule has 5 aliphatic heterocycles. The lowest BCUT2D eigenvalue weighted by atomic mass is 9.94. The van der Waals surface area contributed by atoms with Gasteiger partial charge in [0.2, 0.25) is 11.7 Å². The van der Waals surface area contributed by atoms with E-state index in [1.54, 1.807) is 4.90 Å². The third-order valence-electron chi connectivity index (χ3n) is 9.88. The fourth-order valence-corrected chi connectivity index (χ4v) is 7.51. The summed E-state index contributed by atoms with van der Waals surface area (Å²) in [5.41, 5.74) is 7.08. The molecule has 10 nitrogen and oxygen atoms in total. The lowest BCUT2D eigenvalue weighted by Crippen LogP contribution is -2.62. The first-order valence-electron chi connectivity index (χ1n) is 15.6. The topological polar surface area (TPSA) is 94.4 Å². The average molecular weight is 585 g/mol. The molecule has 1 aromatic heterocycles. The van der Waals surface area contributed by atoms with Crippen LogP contribution in [0.15, 0.2) is 30.9 Å². The fraction of sp³-hybridized carbons (Fsp3) is 0.545. The van der Waals surface area contributed by atoms with Crippen molar-refractivity contribution in [3.63, 3.8) is 0 Å². The summed E-state index contributed by atoms with van der Waals surface area (Å²) < 4.78 is 18.8. The van der Waals surface area contributed by atoms with E-state index in [-0.39, 0.29) is 24.4 Å². The molecule has 0 saturated carbocycles. The zero-order chi connectivity index (χ0) is 29.5. The zero-order valence-corrected chi connectivity index (χ0v) is 25.0. The lowest BCUT2D eigenvalue weighted by Gasteiger charge is -2.50. The summed E-state index contributed by atoms with van der Waals surface area (Å²) in [6, 6.07) is 8.97. The van der Waals surface area contributed by atoms with E-state index in [0.29, 0.717) is 57.1 Å². The summed E-state index contributed by atoms with van der Waals surface area (Å²) in [4.78, 5) is 26.8. The van der Waals surface area contributed by atoms with Crippen LogP contribution in [0.3, 0.4) is 0 Å². The minimum Gasteiger partial charge on any atom is -0.484 e. The van der Waals surface area contributed by atoms with Gasteiger partial charge in [-0.3, -0.25) is 4.79 Å². The SMILES string of the molecule is C=CC(=O)N1CC2COc3c(OC[C@@H]4CCCN4C)nc4c(c3N2C[C@@H]1CC#N)CCN(c1cccc2c1COCC2)C4. The number of amides is 1. The van der Waals surface area contributed by atoms with E-state index in [1.807, 2.05) is 0 Å². The van der Waals surface area contributed by atoms with Crippen molar-refractivity contribution in [1.29, 1.82) is 5.26 Å². The maximum Gasteiger partial charge on any atom is 0.259 e. The number of likely N-dealkylation sites (tertiary alicyclic amines) is 1. The number of fused-ring (bicyclic) bond motifs is 6. The maximum atomic E-state index is 12.8. The van der Waals surface area contributed by atoms with Crippen molar-refractivity contribution in [2.75, 3.05) is 62.8 Å². The predicted molar refractivity (Wildman–Crippen MR) is 162 cm³/mol. The van der Waals surface area contributed by atoms with Gasteiger partial charge in [-0.2, -0.15) is 5.26 Å². The molecule has 6 heterocycles. The number of piperazine rings is 1. The normalized spacial score (nSPS) is 24.7. The van der Waals surface area contributed by atoms with Crippen LogP contribution in [0.2, 0.25) is 0 Å². The molecule has 226 valence electrons. The molecule has 43 heavy (non-hydrogen) atoms. The Morgan fingerprint density at radius 1 is 1.23 bits per heavy atom. The number of carbonyl (C=O) groups is 1. The smallest absolute Gasteiger partial charge is 0.259 e. The third-order valence-corrected chi connectivity index (χ3v) is 9.88. The van der Waals surface area contributed by atoms with E-state index in [1.165, 1.54) is 34.9 Å². The number of benzene rings is 1. The number of likely N-dealkylation sites (N-methyl/N-ethyl adjacent to an activating group) is 1. The molecule has 1 unspecified atom stereocenters. The highest BCUT2D eigenvalue weighted by molar-refractivity contribution is 5.88. The molecular weight excluding hydrogens is 544 g/mol. The number of hydrogen-bond acceptors (Lipinski definition) is 9. The molecule has 0 N–H and O–H groups in total. The second kappa shape index (κ2) is 11.7. The summed E-state index contributed by atoms with van der Waals surface area (Å²) in [5.74, 6) is 1.11. The van der Waals surface area contributed by atoms with Gasteiger partial charge in [-0.15, -0.1) is 0 Å². The van der Waals surface area contributed by atoms with Crippen molar-refractivity contribution < 1.29 is 19.0 Å². The van der Waals surface area contributed by atoms with Gasteiger partial charge in [-0.05, 0) is 57.0 Å². The number of aromatic nitrogens is 1. The average Bonchev–Trinajstić information content (AvgIpc) is 3.46. The number of carbonyl (C=O) groups excluding carboxylic acids is 1. The van der Waals surface area contributed by atoms with Crippen molar-refractivity contribution >= 4 is 17.3 Å². The Labute approximate surface area is 253 Å². The molecular formula is C33H40N6O4. The van der Waals surface area contributed by atoms with Crippen LogP contribution in [-0.2, 0) is 35.5 Å². The van der Waals surface area contributed by atoms with Crippen molar-refractivity contribution in [1.82, 2.24) is 14.8 Å². The molecule has 2 saturated heterocycles. The lowest BCUT2D eigenvalue weighted by molar-refractivity contribution is -0.129. The van der Waals surface area contributed by atoms with Gasteiger partial charge in [0.25, 0.3) is 5.88 Å². The molecule has 0 radical (unpaired) electrons. The maximum absolute atomic E-state index is 12.8. The van der Waals surface area contributed by atoms with Gasteiger partial charge in [0.1, 0.15) is 13.2 Å². The van der Waals surface area contributed by atoms with Gasteiger partial charge in [0.05, 0.1) is 55.7 Å². The van der Waals surface area contributed by atoms with Gasteiger partial charge in [-0.25, -0.2) is 4.98 Å². The Kier molecular flexibility index (Phi) is 7.62. The number of anilines is 2. The first kappa shape index (κ1) is 28.0. The Morgan fingerprint density at radius 3 is 2.95 bits per heavy atom. The second-order valence-electron chi connectivity index (χ2n) is 12.3. The summed E-state index contributed by atoms with van der Waals surface area (Å²) in [5, 5.41) is 9.63. The molecule has 0 spiro atoms. The van der Waals surface area contributed by atoms with Crippen LogP contribution < -0.4 is 19.3 Å². The number of nitriles is 1. The first-order chi connectivity index (χ1) is 21.1. The summed E-state index contributed by atoms with van der Waals surface area (Å²) in [7, 11) is 2.15. The van der Waals surface area contributed by atoms with Gasteiger partial charge in [0.15, 0.2) is 0 Å². The van der Waals surface area contributed by atoms with Crippen molar-refractivity contribution in [2.24, 2.45) is 0 Å². The molecule has 0 aliphatic carbocycles. The van der Waals surface area contributed by atoms with Gasteiger partial charge < -0.3 is 33.8 Å². The molecule has 2 aromatic rings. The molecule has 5 aliphatic rings. The fourth-order valence-electron chi connectivity index (χ4n) is 7.51. The monoisotopic (exact) mass is 584 g/mol. The van der Waals surface area contributed by atoms with Crippen molar-refractivity contribution in [2.45, 2.75) is 63.4 Å². The third kappa shape index (κ3) is 5.08. The van der Waals surface area contributed by atoms with Crippen LogP contribution in [0.5, 0.6) is 11.6 Å². The van der Waals surface area contributed by atoms with Crippen LogP contribution >= 0.6 is 0 Å². The van der Waals surface area contributed by atoms with Gasteiger partial charge >= 0.3 is 0 Å². The molecule has 0 bridgehead atoms. The van der Waals surface area contributed by atoms with Crippen LogP contribution in [0.1, 0.15) is 41.6 Å². The van der Waals surface area contributed by atoms with E-state index in [2.05, 4.69) is 52.6 Å². The van der Waals surface area contributed by atoms with Gasteiger partial charge in [-0.1, -0.05) is 18.7 Å². The highest BCUT2D eigenvalue weighted by Crippen LogP contribution is 2.47. The minimum atomic E-state index is -0.228. The quantitative estimate of drug-likeness (QED) is 0.475. The Morgan fingerprint density at radius 2 is 2.14 bits per heavy atom. The Hall–Kier alpha value is -3.81. The molecule has 1 aromatic carbocycles. The molecule has 1 amide bonds. The zero-order valence-electron chi connectivity index (χ0n) is 25.0. The molecule has 2 fully saturated rings. The highest BCUT2D eigenvalue weighted by atomic mass is 16.5. The van der Waals surface area contributed by atoms with E-state index < -0.39 is 0 Å². The summed E-state index contributed by atoms with van der Waals surface area (Å²) in [6.07, 6.45) is 5.64. The van der Waals surface area contributed by atoms with Crippen LogP contribution in [0.25, 0.3) is 0 Å². The van der Waals surface area contributed by atoms with E-state index in [4.69, 9.17) is 19.2 Å². The van der Waals surface area contributed by atoms with Crippen LogP contribution in [-0.4, -0.2) is 91.9 Å². The van der Waals surface area contributed by atoms with E-state index in [0.717, 1.165) is 50.3 Å². The number of hydrogen-bond donors (Lipinski definition) is 0. The number of ether oxygens (including phenoxy) is 3. The second-order valence-corrected chi connectivity index (χ2v) is 12.3. The standard InChI is InChI=1S/C33H40N6O4/c1-3-30(40)38-17-25-20-42-32-31(39(25)16-23(38)9-12-34)26-10-14-37(29-8-4-6-22-11-15-41-21-27(22)29)18-28(26)35-33(32)43-19-24-7-5-13-36(24)2/h3-4,6,8,23-25H,1,5,7,9-11,13-21H2,2H3/t23-,24-,25?/m0/s1. The predicted octanol–water partition coefficient (Wildman–Crippen LogP) is 3.07. The minimum absolute atomic E-state index is 0.0250. The van der Waals surface area contributed by atoms with E-state index >= 15 is 0 Å². The summed E-state index contributed by atoms with van der Waals surface area (Å²) >= 11 is 0. The largest absolute Gasteiger partial charge is 0.484 e. The Bertz CT molecular complexity index is 1460. The number of rotatable bonds is 6. The molecule has 3 atom stereocenters. The first-order valence-corrected chi connectivity index (χ1v) is 15.6.